The van der Waals surface area contributed by atoms with E-state index in [1.165, 1.54) is 12.4 Å². The number of hydrogen-bond acceptors (Lipinski definition) is 6. The number of aromatic nitrogens is 4. The van der Waals surface area contributed by atoms with Gasteiger partial charge in [-0.1, -0.05) is 6.07 Å². The van der Waals surface area contributed by atoms with E-state index in [0.717, 1.165) is 16.9 Å². The first-order chi connectivity index (χ1) is 12.6. The Kier molecular flexibility index (Phi) is 3.81. The molecule has 0 radical (unpaired) electrons. The summed E-state index contributed by atoms with van der Waals surface area (Å²) in [4.78, 5) is 9.50. The molecule has 7 nitrogen and oxygen atoms in total. The van der Waals surface area contributed by atoms with Gasteiger partial charge in [0, 0.05) is 11.5 Å². The van der Waals surface area contributed by atoms with Crippen LogP contribution in [0, 0.1) is 11.6 Å². The molecule has 26 heavy (non-hydrogen) atoms. The van der Waals surface area contributed by atoms with Gasteiger partial charge in [-0.2, -0.15) is 4.79 Å². The highest BCUT2D eigenvalue weighted by atomic mass is 19.1. The van der Waals surface area contributed by atoms with Gasteiger partial charge in [0.15, 0.2) is 23.2 Å². The lowest BCUT2D eigenvalue weighted by Gasteiger charge is -2.10. The normalized spacial score (nSPS) is 10.8. The van der Waals surface area contributed by atoms with E-state index in [1.807, 2.05) is 0 Å². The lowest BCUT2D eigenvalue weighted by atomic mass is 10.2. The lowest BCUT2D eigenvalue weighted by molar-refractivity contribution is 0.408. The van der Waals surface area contributed by atoms with Gasteiger partial charge in [-0.05, 0) is 30.3 Å². The number of ether oxygens (including phenoxy) is 1. The van der Waals surface area contributed by atoms with E-state index >= 15 is 0 Å². The van der Waals surface area contributed by atoms with Crippen LogP contribution in [0.1, 0.15) is 0 Å². The summed E-state index contributed by atoms with van der Waals surface area (Å²) < 4.78 is 33.0. The Balaban J connectivity index is 1.73. The fourth-order valence-electron chi connectivity index (χ4n) is 2.42. The summed E-state index contributed by atoms with van der Waals surface area (Å²) in [6.07, 6.45) is 2.96. The van der Waals surface area contributed by atoms with Gasteiger partial charge < -0.3 is 15.9 Å². The zero-order valence-electron chi connectivity index (χ0n) is 13.2. The first-order valence-electron chi connectivity index (χ1n) is 7.54. The van der Waals surface area contributed by atoms with Crippen molar-refractivity contribution in [2.75, 3.05) is 11.2 Å². The number of benzene rings is 2. The van der Waals surface area contributed by atoms with Crippen LogP contribution in [0.15, 0.2) is 55.0 Å². The highest BCUT2D eigenvalue weighted by molar-refractivity contribution is 5.91. The molecule has 0 amide bonds. The fourth-order valence-corrected chi connectivity index (χ4v) is 2.42. The molecule has 2 heterocycles. The van der Waals surface area contributed by atoms with Crippen molar-refractivity contribution in [2.24, 2.45) is 0 Å². The third-order valence-corrected chi connectivity index (χ3v) is 3.60. The molecule has 2 aromatic carbocycles. The molecular weight excluding hydrogens is 342 g/mol. The number of nitrogens with zero attached hydrogens (tertiary/aromatic N) is 4. The number of halogens is 2. The molecule has 9 heteroatoms. The van der Waals surface area contributed by atoms with Gasteiger partial charge in [0.25, 0.3) is 0 Å². The van der Waals surface area contributed by atoms with Crippen molar-refractivity contribution in [2.45, 2.75) is 0 Å². The number of nitrogen functional groups attached to an aromatic ring is 1. The summed E-state index contributed by atoms with van der Waals surface area (Å²) in [6.45, 7) is 0. The second kappa shape index (κ2) is 6.28. The average Bonchev–Trinajstić information content (AvgIpc) is 3.04. The van der Waals surface area contributed by atoms with E-state index < -0.39 is 17.4 Å². The van der Waals surface area contributed by atoms with Crippen LogP contribution in [-0.2, 0) is 0 Å². The zero-order chi connectivity index (χ0) is 18.1. The average molecular weight is 354 g/mol. The maximum atomic E-state index is 13.8. The topological polar surface area (TPSA) is 90.9 Å². The summed E-state index contributed by atoms with van der Waals surface area (Å²) >= 11 is 0. The lowest BCUT2D eigenvalue weighted by Crippen LogP contribution is -2.08. The Morgan fingerprint density at radius 1 is 1.04 bits per heavy atom. The molecule has 0 saturated carbocycles. The highest BCUT2D eigenvalue weighted by Gasteiger charge is 2.13. The van der Waals surface area contributed by atoms with E-state index in [9.17, 15) is 8.78 Å². The van der Waals surface area contributed by atoms with E-state index in [0.29, 0.717) is 22.5 Å². The van der Waals surface area contributed by atoms with E-state index in [-0.39, 0.29) is 5.75 Å². The molecule has 0 fully saturated rings. The zero-order valence-corrected chi connectivity index (χ0v) is 13.2. The van der Waals surface area contributed by atoms with Crippen LogP contribution in [0.2, 0.25) is 0 Å². The fraction of sp³-hybridized carbons (Fsp3) is 0. The summed E-state index contributed by atoms with van der Waals surface area (Å²) in [5.74, 6) is 4.65. The second-order valence-electron chi connectivity index (χ2n) is 5.36. The van der Waals surface area contributed by atoms with Crippen LogP contribution >= 0.6 is 0 Å². The number of hydrogen-bond donors (Lipinski definition) is 2. The van der Waals surface area contributed by atoms with Crippen molar-refractivity contribution in [3.05, 3.63) is 66.6 Å². The quantitative estimate of drug-likeness (QED) is 0.546. The summed E-state index contributed by atoms with van der Waals surface area (Å²) in [6, 6.07) is 10.0. The van der Waals surface area contributed by atoms with Gasteiger partial charge in [0.1, 0.15) is 17.9 Å². The largest absolute Gasteiger partial charge is 0.451 e. The van der Waals surface area contributed by atoms with Gasteiger partial charge in [-0.25, -0.2) is 18.7 Å². The highest BCUT2D eigenvalue weighted by Crippen LogP contribution is 2.31. The molecule has 0 atom stereocenters. The van der Waals surface area contributed by atoms with Gasteiger partial charge >= 0.3 is 0 Å². The third-order valence-electron chi connectivity index (χ3n) is 3.60. The van der Waals surface area contributed by atoms with Crippen molar-refractivity contribution < 1.29 is 13.5 Å². The SMILES string of the molecule is Nn1ccc(Nc2ncnc3ccc(Oc4c(F)cccc4F)cc23)n1. The van der Waals surface area contributed by atoms with E-state index in [1.54, 1.807) is 30.5 Å². The van der Waals surface area contributed by atoms with E-state index in [2.05, 4.69) is 20.4 Å². The maximum absolute atomic E-state index is 13.8. The molecule has 0 bridgehead atoms. The molecule has 0 aliphatic carbocycles. The Bertz CT molecular complexity index is 1080. The van der Waals surface area contributed by atoms with Crippen LogP contribution in [0.5, 0.6) is 11.5 Å². The van der Waals surface area contributed by atoms with Crippen LogP contribution in [-0.4, -0.2) is 19.9 Å². The van der Waals surface area contributed by atoms with Gasteiger partial charge in [-0.3, -0.25) is 0 Å². The minimum absolute atomic E-state index is 0.240. The molecule has 0 aliphatic rings. The summed E-state index contributed by atoms with van der Waals surface area (Å²) in [7, 11) is 0. The Morgan fingerprint density at radius 2 is 1.85 bits per heavy atom. The molecular formula is C17H12F2N6O. The Labute approximate surface area is 146 Å². The monoisotopic (exact) mass is 354 g/mol. The van der Waals surface area contributed by atoms with Crippen LogP contribution in [0.4, 0.5) is 20.4 Å². The van der Waals surface area contributed by atoms with Crippen LogP contribution < -0.4 is 15.9 Å². The van der Waals surface area contributed by atoms with Crippen LogP contribution in [0.25, 0.3) is 10.9 Å². The molecule has 4 aromatic rings. The molecule has 0 aliphatic heterocycles. The summed E-state index contributed by atoms with van der Waals surface area (Å²) in [5, 5.41) is 7.62. The Hall–Kier alpha value is -3.75. The minimum Gasteiger partial charge on any atom is -0.451 e. The smallest absolute Gasteiger partial charge is 0.198 e. The second-order valence-corrected chi connectivity index (χ2v) is 5.36. The molecule has 130 valence electrons. The van der Waals surface area contributed by atoms with Crippen molar-refractivity contribution in [1.82, 2.24) is 19.9 Å². The van der Waals surface area contributed by atoms with Crippen LogP contribution in [0.3, 0.4) is 0 Å². The number of para-hydroxylation sites is 1. The maximum Gasteiger partial charge on any atom is 0.198 e. The number of rotatable bonds is 4. The standard InChI is InChI=1S/C17H12F2N6O/c18-12-2-1-3-13(19)16(12)26-10-4-5-14-11(8-10)17(22-9-21-14)23-15-6-7-25(20)24-15/h1-9H,20H2,(H,21,22,23,24). The molecule has 3 N–H and O–H groups in total. The number of nitrogens with one attached hydrogen (secondary N) is 1. The van der Waals surface area contributed by atoms with Crippen molar-refractivity contribution in [3.8, 4) is 11.5 Å². The van der Waals surface area contributed by atoms with Gasteiger partial charge in [-0.15, -0.1) is 5.10 Å². The number of anilines is 2. The van der Waals surface area contributed by atoms with E-state index in [4.69, 9.17) is 10.6 Å². The predicted octanol–water partition coefficient (Wildman–Crippen LogP) is 3.35. The van der Waals surface area contributed by atoms with Crippen molar-refractivity contribution in [1.29, 1.82) is 0 Å². The minimum atomic E-state index is -0.791. The molecule has 0 saturated heterocycles. The first kappa shape index (κ1) is 15.8. The number of nitrogens with two attached hydrogens (primary N) is 1. The van der Waals surface area contributed by atoms with Gasteiger partial charge in [0.2, 0.25) is 0 Å². The summed E-state index contributed by atoms with van der Waals surface area (Å²) in [5.41, 5.74) is 0.621. The third kappa shape index (κ3) is 2.97. The molecule has 4 rings (SSSR count). The first-order valence-corrected chi connectivity index (χ1v) is 7.54. The molecule has 2 aromatic heterocycles. The van der Waals surface area contributed by atoms with Crippen molar-refractivity contribution in [3.63, 3.8) is 0 Å². The Morgan fingerprint density at radius 3 is 2.58 bits per heavy atom. The van der Waals surface area contributed by atoms with Gasteiger partial charge in [0.05, 0.1) is 11.7 Å². The molecule has 0 unspecified atom stereocenters. The predicted molar refractivity (Wildman–Crippen MR) is 91.6 cm³/mol. The molecule has 0 spiro atoms. The van der Waals surface area contributed by atoms with Crippen molar-refractivity contribution >= 4 is 22.5 Å². The number of fused-ring (bicyclic) bond motifs is 1.